The maximum Gasteiger partial charge on any atom is 0.240 e. The number of nitrogens with one attached hydrogen (secondary N) is 1. The first-order valence-electron chi connectivity index (χ1n) is 8.10. The summed E-state index contributed by atoms with van der Waals surface area (Å²) >= 11 is 0. The Labute approximate surface area is 138 Å². The molecule has 1 saturated carbocycles. The van der Waals surface area contributed by atoms with Crippen LogP contribution in [0.3, 0.4) is 0 Å². The number of aryl methyl sites for hydroxylation is 1. The molecule has 4 nitrogen and oxygen atoms in total. The van der Waals surface area contributed by atoms with Crippen LogP contribution in [0.25, 0.3) is 11.1 Å². The van der Waals surface area contributed by atoms with E-state index in [4.69, 9.17) is 0 Å². The average molecular weight is 330 g/mol. The second-order valence-corrected chi connectivity index (χ2v) is 7.88. The third-order valence-electron chi connectivity index (χ3n) is 4.43. The van der Waals surface area contributed by atoms with Crippen molar-refractivity contribution in [3.63, 3.8) is 0 Å². The molecule has 0 unspecified atom stereocenters. The van der Waals surface area contributed by atoms with Crippen LogP contribution in [0.2, 0.25) is 0 Å². The van der Waals surface area contributed by atoms with Gasteiger partial charge in [0.1, 0.15) is 0 Å². The van der Waals surface area contributed by atoms with Gasteiger partial charge >= 0.3 is 0 Å². The molecule has 1 aromatic carbocycles. The lowest BCUT2D eigenvalue weighted by Gasteiger charge is -2.22. The number of benzene rings is 1. The average Bonchev–Trinajstić information content (AvgIpc) is 2.56. The molecule has 1 aromatic heterocycles. The molecule has 1 aliphatic carbocycles. The molecule has 0 bridgehead atoms. The highest BCUT2D eigenvalue weighted by Gasteiger charge is 2.22. The Balaban J connectivity index is 1.84. The Morgan fingerprint density at radius 1 is 1.04 bits per heavy atom. The zero-order valence-corrected chi connectivity index (χ0v) is 14.1. The molecule has 23 heavy (non-hydrogen) atoms. The van der Waals surface area contributed by atoms with Crippen LogP contribution in [-0.4, -0.2) is 19.4 Å². The second kappa shape index (κ2) is 6.81. The summed E-state index contributed by atoms with van der Waals surface area (Å²) in [5, 5.41) is 0. The predicted molar refractivity (Wildman–Crippen MR) is 91.6 cm³/mol. The van der Waals surface area contributed by atoms with Crippen molar-refractivity contribution in [1.82, 2.24) is 9.71 Å². The van der Waals surface area contributed by atoms with Crippen molar-refractivity contribution in [2.75, 3.05) is 0 Å². The van der Waals surface area contributed by atoms with Gasteiger partial charge in [0.25, 0.3) is 0 Å². The summed E-state index contributed by atoms with van der Waals surface area (Å²) in [5.74, 6) is 0. The summed E-state index contributed by atoms with van der Waals surface area (Å²) in [7, 11) is -3.44. The molecule has 122 valence electrons. The highest BCUT2D eigenvalue weighted by Crippen LogP contribution is 2.26. The molecule has 1 N–H and O–H groups in total. The zero-order chi connectivity index (χ0) is 16.3. The number of hydrogen-bond acceptors (Lipinski definition) is 3. The molecule has 2 aromatic rings. The highest BCUT2D eigenvalue weighted by atomic mass is 32.2. The lowest BCUT2D eigenvalue weighted by Crippen LogP contribution is -2.36. The first-order valence-corrected chi connectivity index (χ1v) is 9.58. The van der Waals surface area contributed by atoms with Crippen molar-refractivity contribution in [3.8, 4) is 11.1 Å². The molecule has 0 atom stereocenters. The first-order chi connectivity index (χ1) is 11.1. The molecular formula is C18H22N2O2S. The molecular weight excluding hydrogens is 308 g/mol. The Morgan fingerprint density at radius 3 is 2.39 bits per heavy atom. The third kappa shape index (κ3) is 3.79. The lowest BCUT2D eigenvalue weighted by molar-refractivity contribution is 0.412. The molecule has 0 amide bonds. The summed E-state index contributed by atoms with van der Waals surface area (Å²) in [6, 6.07) is 9.25. The number of sulfonamides is 1. The van der Waals surface area contributed by atoms with Gasteiger partial charge in [0.15, 0.2) is 0 Å². The fraction of sp³-hybridized carbons (Fsp3) is 0.389. The molecule has 0 saturated heterocycles. The van der Waals surface area contributed by atoms with E-state index in [0.29, 0.717) is 4.90 Å². The molecule has 1 heterocycles. The minimum Gasteiger partial charge on any atom is -0.265 e. The Kier molecular flexibility index (Phi) is 4.78. The van der Waals surface area contributed by atoms with Crippen LogP contribution in [0.15, 0.2) is 47.6 Å². The first kappa shape index (κ1) is 16.1. The van der Waals surface area contributed by atoms with Crippen LogP contribution in [0.4, 0.5) is 0 Å². The van der Waals surface area contributed by atoms with Crippen LogP contribution in [0.1, 0.15) is 37.7 Å². The normalized spacial score (nSPS) is 16.4. The second-order valence-electron chi connectivity index (χ2n) is 6.17. The van der Waals surface area contributed by atoms with Crippen LogP contribution in [0, 0.1) is 6.92 Å². The van der Waals surface area contributed by atoms with Gasteiger partial charge in [-0.05, 0) is 60.7 Å². The summed E-state index contributed by atoms with van der Waals surface area (Å²) in [5.41, 5.74) is 3.02. The van der Waals surface area contributed by atoms with Gasteiger partial charge in [0.05, 0.1) is 4.90 Å². The molecule has 5 heteroatoms. The number of nitrogens with zero attached hydrogens (tertiary/aromatic N) is 1. The number of hydrogen-bond donors (Lipinski definition) is 1. The van der Waals surface area contributed by atoms with E-state index in [1.165, 1.54) is 6.42 Å². The van der Waals surface area contributed by atoms with Crippen LogP contribution in [0.5, 0.6) is 0 Å². The molecule has 0 aliphatic heterocycles. The van der Waals surface area contributed by atoms with Gasteiger partial charge in [-0.25, -0.2) is 13.1 Å². The van der Waals surface area contributed by atoms with E-state index < -0.39 is 10.0 Å². The van der Waals surface area contributed by atoms with E-state index in [0.717, 1.165) is 42.4 Å². The van der Waals surface area contributed by atoms with Crippen molar-refractivity contribution < 1.29 is 8.42 Å². The van der Waals surface area contributed by atoms with Crippen LogP contribution >= 0.6 is 0 Å². The molecule has 3 rings (SSSR count). The van der Waals surface area contributed by atoms with E-state index in [1.54, 1.807) is 24.5 Å². The van der Waals surface area contributed by atoms with Crippen molar-refractivity contribution >= 4 is 10.0 Å². The summed E-state index contributed by atoms with van der Waals surface area (Å²) in [6.45, 7) is 1.94. The van der Waals surface area contributed by atoms with Gasteiger partial charge in [-0.3, -0.25) is 4.98 Å². The number of rotatable bonds is 4. The van der Waals surface area contributed by atoms with E-state index >= 15 is 0 Å². The molecule has 0 radical (unpaired) electrons. The van der Waals surface area contributed by atoms with E-state index in [1.807, 2.05) is 25.1 Å². The lowest BCUT2D eigenvalue weighted by atomic mass is 9.96. The molecule has 0 spiro atoms. The van der Waals surface area contributed by atoms with E-state index in [-0.39, 0.29) is 6.04 Å². The highest BCUT2D eigenvalue weighted by molar-refractivity contribution is 7.89. The quantitative estimate of drug-likeness (QED) is 0.930. The smallest absolute Gasteiger partial charge is 0.240 e. The fourth-order valence-corrected chi connectivity index (χ4v) is 4.56. The van der Waals surface area contributed by atoms with Gasteiger partial charge < -0.3 is 0 Å². The zero-order valence-electron chi connectivity index (χ0n) is 13.3. The number of pyridine rings is 1. The van der Waals surface area contributed by atoms with Gasteiger partial charge in [-0.1, -0.05) is 25.3 Å². The summed E-state index contributed by atoms with van der Waals surface area (Å²) in [4.78, 5) is 4.36. The summed E-state index contributed by atoms with van der Waals surface area (Å²) in [6.07, 6.45) is 8.77. The SMILES string of the molecule is Cc1cc(S(=O)(=O)NC2CCCCC2)ccc1-c1ccncc1. The van der Waals surface area contributed by atoms with Crippen molar-refractivity contribution in [3.05, 3.63) is 48.3 Å². The van der Waals surface area contributed by atoms with Crippen molar-refractivity contribution in [2.45, 2.75) is 50.0 Å². The van der Waals surface area contributed by atoms with Gasteiger partial charge in [0, 0.05) is 18.4 Å². The van der Waals surface area contributed by atoms with Gasteiger partial charge in [-0.15, -0.1) is 0 Å². The maximum absolute atomic E-state index is 12.6. The standard InChI is InChI=1S/C18H22N2O2S/c1-14-13-17(7-8-18(14)15-9-11-19-12-10-15)23(21,22)20-16-5-3-2-4-6-16/h7-13,16,20H,2-6H2,1H3. The van der Waals surface area contributed by atoms with Gasteiger partial charge in [0.2, 0.25) is 10.0 Å². The van der Waals surface area contributed by atoms with Crippen LogP contribution < -0.4 is 4.72 Å². The van der Waals surface area contributed by atoms with Crippen LogP contribution in [-0.2, 0) is 10.0 Å². The topological polar surface area (TPSA) is 59.1 Å². The largest absolute Gasteiger partial charge is 0.265 e. The van der Waals surface area contributed by atoms with E-state index in [2.05, 4.69) is 9.71 Å². The Bertz CT molecular complexity index is 767. The summed E-state index contributed by atoms with van der Waals surface area (Å²) < 4.78 is 28.0. The molecule has 1 aliphatic rings. The Morgan fingerprint density at radius 2 is 1.74 bits per heavy atom. The predicted octanol–water partition coefficient (Wildman–Crippen LogP) is 3.67. The third-order valence-corrected chi connectivity index (χ3v) is 5.94. The minimum atomic E-state index is -3.44. The fourth-order valence-electron chi connectivity index (χ4n) is 3.17. The molecule has 1 fully saturated rings. The van der Waals surface area contributed by atoms with E-state index in [9.17, 15) is 8.42 Å². The van der Waals surface area contributed by atoms with Crippen molar-refractivity contribution in [2.24, 2.45) is 0 Å². The minimum absolute atomic E-state index is 0.0777. The Hall–Kier alpha value is -1.72. The number of aromatic nitrogens is 1. The maximum atomic E-state index is 12.6. The monoisotopic (exact) mass is 330 g/mol. The van der Waals surface area contributed by atoms with Gasteiger partial charge in [-0.2, -0.15) is 0 Å². The van der Waals surface area contributed by atoms with Crippen molar-refractivity contribution in [1.29, 1.82) is 0 Å².